The Kier molecular flexibility index (Phi) is 4.00. The molecule has 0 radical (unpaired) electrons. The van der Waals surface area contributed by atoms with Gasteiger partial charge in [-0.05, 0) is 48.8 Å². The van der Waals surface area contributed by atoms with E-state index in [0.29, 0.717) is 11.8 Å². The molecule has 1 fully saturated rings. The van der Waals surface area contributed by atoms with Gasteiger partial charge >= 0.3 is 0 Å². The molecule has 1 heteroatoms. The molecule has 1 aliphatic rings. The quantitative estimate of drug-likeness (QED) is 0.824. The van der Waals surface area contributed by atoms with Crippen LogP contribution >= 0.6 is 0 Å². The lowest BCUT2D eigenvalue weighted by molar-refractivity contribution is 0.314. The Bertz CT molecular complexity index is 332. The van der Waals surface area contributed by atoms with Gasteiger partial charge in [-0.15, -0.1) is 0 Å². The normalized spacial score (nSPS) is 25.6. The number of nitrogens with two attached hydrogens (primary N) is 1. The highest BCUT2D eigenvalue weighted by Gasteiger charge is 2.25. The van der Waals surface area contributed by atoms with Crippen molar-refractivity contribution in [2.75, 3.05) is 6.54 Å². The van der Waals surface area contributed by atoms with Crippen LogP contribution in [0.25, 0.3) is 0 Å². The van der Waals surface area contributed by atoms with E-state index in [1.165, 1.54) is 36.8 Å². The third kappa shape index (κ3) is 2.46. The van der Waals surface area contributed by atoms with Gasteiger partial charge in [0.1, 0.15) is 0 Å². The van der Waals surface area contributed by atoms with Crippen LogP contribution in [0.2, 0.25) is 0 Å². The summed E-state index contributed by atoms with van der Waals surface area (Å²) in [4.78, 5) is 0. The van der Waals surface area contributed by atoms with Crippen LogP contribution in [0.15, 0.2) is 24.3 Å². The zero-order chi connectivity index (χ0) is 11.4. The van der Waals surface area contributed by atoms with Crippen molar-refractivity contribution in [3.05, 3.63) is 35.4 Å². The van der Waals surface area contributed by atoms with E-state index in [0.717, 1.165) is 13.0 Å². The molecular formula is C15H23N. The van der Waals surface area contributed by atoms with Gasteiger partial charge in [-0.25, -0.2) is 0 Å². The summed E-state index contributed by atoms with van der Waals surface area (Å²) in [7, 11) is 0. The van der Waals surface area contributed by atoms with Crippen molar-refractivity contribution in [1.29, 1.82) is 0 Å². The second-order valence-corrected chi connectivity index (χ2v) is 4.99. The molecule has 0 aromatic heterocycles. The highest BCUT2D eigenvalue weighted by Crippen LogP contribution is 2.37. The van der Waals surface area contributed by atoms with Gasteiger partial charge in [0.2, 0.25) is 0 Å². The first-order chi connectivity index (χ1) is 7.85. The third-order valence-corrected chi connectivity index (χ3v) is 4.00. The first kappa shape index (κ1) is 11.7. The maximum Gasteiger partial charge on any atom is -0.00430 e. The first-order valence-corrected chi connectivity index (χ1v) is 6.64. The molecular weight excluding hydrogens is 194 g/mol. The Morgan fingerprint density at radius 1 is 1.25 bits per heavy atom. The summed E-state index contributed by atoms with van der Waals surface area (Å²) >= 11 is 0. The zero-order valence-corrected chi connectivity index (χ0v) is 10.3. The van der Waals surface area contributed by atoms with Crippen molar-refractivity contribution < 1.29 is 0 Å². The number of benzene rings is 1. The van der Waals surface area contributed by atoms with Crippen molar-refractivity contribution in [3.8, 4) is 0 Å². The summed E-state index contributed by atoms with van der Waals surface area (Å²) in [5.41, 5.74) is 8.88. The SMILES string of the molecule is CCc1cccc(C2CCCCC2CN)c1. The molecule has 2 atom stereocenters. The van der Waals surface area contributed by atoms with Crippen LogP contribution in [0.5, 0.6) is 0 Å². The minimum Gasteiger partial charge on any atom is -0.330 e. The fourth-order valence-corrected chi connectivity index (χ4v) is 2.97. The molecule has 0 amide bonds. The average molecular weight is 217 g/mol. The predicted molar refractivity (Wildman–Crippen MR) is 69.6 cm³/mol. The highest BCUT2D eigenvalue weighted by molar-refractivity contribution is 5.27. The van der Waals surface area contributed by atoms with Crippen molar-refractivity contribution in [1.82, 2.24) is 0 Å². The number of hydrogen-bond donors (Lipinski definition) is 1. The molecule has 0 spiro atoms. The fourth-order valence-electron chi connectivity index (χ4n) is 2.97. The van der Waals surface area contributed by atoms with Gasteiger partial charge in [0.25, 0.3) is 0 Å². The maximum atomic E-state index is 5.90. The number of hydrogen-bond acceptors (Lipinski definition) is 1. The molecule has 2 unspecified atom stereocenters. The standard InChI is InChI=1S/C15H23N/c1-2-12-6-5-8-13(10-12)15-9-4-3-7-14(15)11-16/h5-6,8,10,14-15H,2-4,7,9,11,16H2,1H3. The summed E-state index contributed by atoms with van der Waals surface area (Å²) in [6.07, 6.45) is 6.52. The molecule has 2 rings (SSSR count). The largest absolute Gasteiger partial charge is 0.330 e. The molecule has 1 nitrogen and oxygen atoms in total. The molecule has 0 aliphatic heterocycles. The van der Waals surface area contributed by atoms with Gasteiger partial charge < -0.3 is 5.73 Å². The van der Waals surface area contributed by atoms with Crippen molar-refractivity contribution in [2.45, 2.75) is 44.9 Å². The van der Waals surface area contributed by atoms with E-state index in [1.807, 2.05) is 0 Å². The first-order valence-electron chi connectivity index (χ1n) is 6.64. The van der Waals surface area contributed by atoms with Gasteiger partial charge in [-0.3, -0.25) is 0 Å². The van der Waals surface area contributed by atoms with Gasteiger partial charge in [0.15, 0.2) is 0 Å². The molecule has 1 aromatic carbocycles. The lowest BCUT2D eigenvalue weighted by Gasteiger charge is -2.31. The third-order valence-electron chi connectivity index (χ3n) is 4.00. The minimum atomic E-state index is 0.709. The van der Waals surface area contributed by atoms with Crippen LogP contribution in [-0.4, -0.2) is 6.54 Å². The van der Waals surface area contributed by atoms with Crippen LogP contribution in [0.1, 0.15) is 49.7 Å². The van der Waals surface area contributed by atoms with E-state index >= 15 is 0 Å². The second kappa shape index (κ2) is 5.49. The Labute approximate surface area is 99.0 Å². The van der Waals surface area contributed by atoms with Crippen molar-refractivity contribution in [2.24, 2.45) is 11.7 Å². The molecule has 1 saturated carbocycles. The van der Waals surface area contributed by atoms with E-state index in [2.05, 4.69) is 31.2 Å². The number of rotatable bonds is 3. The Balaban J connectivity index is 2.20. The highest BCUT2D eigenvalue weighted by atomic mass is 14.6. The van der Waals surface area contributed by atoms with Gasteiger partial charge in [-0.1, -0.05) is 44.0 Å². The molecule has 0 bridgehead atoms. The van der Waals surface area contributed by atoms with Crippen LogP contribution in [0.4, 0.5) is 0 Å². The monoisotopic (exact) mass is 217 g/mol. The Morgan fingerprint density at radius 2 is 2.06 bits per heavy atom. The minimum absolute atomic E-state index is 0.709. The van der Waals surface area contributed by atoms with Crippen LogP contribution in [0.3, 0.4) is 0 Å². The molecule has 16 heavy (non-hydrogen) atoms. The zero-order valence-electron chi connectivity index (χ0n) is 10.3. The lowest BCUT2D eigenvalue weighted by Crippen LogP contribution is -2.25. The van der Waals surface area contributed by atoms with Crippen LogP contribution in [0, 0.1) is 5.92 Å². The van der Waals surface area contributed by atoms with E-state index in [-0.39, 0.29) is 0 Å². The van der Waals surface area contributed by atoms with Crippen LogP contribution in [-0.2, 0) is 6.42 Å². The second-order valence-electron chi connectivity index (χ2n) is 4.99. The summed E-state index contributed by atoms with van der Waals surface area (Å²) in [5.74, 6) is 1.42. The van der Waals surface area contributed by atoms with Gasteiger partial charge in [-0.2, -0.15) is 0 Å². The van der Waals surface area contributed by atoms with Gasteiger partial charge in [0, 0.05) is 0 Å². The predicted octanol–water partition coefficient (Wildman–Crippen LogP) is 3.48. The summed E-state index contributed by atoms with van der Waals surface area (Å²) in [6.45, 7) is 3.07. The summed E-state index contributed by atoms with van der Waals surface area (Å²) in [6, 6.07) is 9.11. The molecule has 0 saturated heterocycles. The molecule has 0 heterocycles. The number of aryl methyl sites for hydroxylation is 1. The van der Waals surface area contributed by atoms with E-state index in [4.69, 9.17) is 5.73 Å². The lowest BCUT2D eigenvalue weighted by atomic mass is 9.75. The Morgan fingerprint density at radius 3 is 2.81 bits per heavy atom. The van der Waals surface area contributed by atoms with Crippen molar-refractivity contribution >= 4 is 0 Å². The molecule has 1 aliphatic carbocycles. The summed E-state index contributed by atoms with van der Waals surface area (Å²) in [5, 5.41) is 0. The smallest absolute Gasteiger partial charge is 0.00430 e. The Hall–Kier alpha value is -0.820. The van der Waals surface area contributed by atoms with Crippen molar-refractivity contribution in [3.63, 3.8) is 0 Å². The molecule has 1 aromatic rings. The maximum absolute atomic E-state index is 5.90. The fraction of sp³-hybridized carbons (Fsp3) is 0.600. The average Bonchev–Trinajstić information content (AvgIpc) is 2.38. The van der Waals surface area contributed by atoms with Crippen LogP contribution < -0.4 is 5.73 Å². The van der Waals surface area contributed by atoms with E-state index < -0.39 is 0 Å². The van der Waals surface area contributed by atoms with E-state index in [9.17, 15) is 0 Å². The van der Waals surface area contributed by atoms with Gasteiger partial charge in [0.05, 0.1) is 0 Å². The van der Waals surface area contributed by atoms with E-state index in [1.54, 1.807) is 0 Å². The summed E-state index contributed by atoms with van der Waals surface area (Å²) < 4.78 is 0. The molecule has 88 valence electrons. The molecule has 2 N–H and O–H groups in total. The topological polar surface area (TPSA) is 26.0 Å².